The largest absolute Gasteiger partial charge is 0.387 e. The van der Waals surface area contributed by atoms with E-state index in [0.717, 1.165) is 0 Å². The molecule has 0 bridgehead atoms. The SMILES string of the molecule is CN(CCNC=O)C[C@H]1O[C@@H](n2cnc3c(N)ncnc32)C(O)C1O. The molecule has 1 amide bonds. The topological polar surface area (TPSA) is 152 Å². The summed E-state index contributed by atoms with van der Waals surface area (Å²) in [6.07, 6.45) is -0.247. The molecular formula is C14H21N7O4. The van der Waals surface area contributed by atoms with E-state index in [4.69, 9.17) is 10.5 Å². The fourth-order valence-corrected chi connectivity index (χ4v) is 2.88. The lowest BCUT2D eigenvalue weighted by Gasteiger charge is -2.22. The minimum atomic E-state index is -1.14. The summed E-state index contributed by atoms with van der Waals surface area (Å²) in [6.45, 7) is 1.46. The molecule has 2 aromatic heterocycles. The summed E-state index contributed by atoms with van der Waals surface area (Å²) in [7, 11) is 1.84. The van der Waals surface area contributed by atoms with Gasteiger partial charge in [0, 0.05) is 19.6 Å². The average Bonchev–Trinajstić information content (AvgIpc) is 3.13. The Kier molecular flexibility index (Phi) is 5.08. The Morgan fingerprint density at radius 3 is 2.96 bits per heavy atom. The molecule has 25 heavy (non-hydrogen) atoms. The zero-order valence-corrected chi connectivity index (χ0v) is 13.7. The van der Waals surface area contributed by atoms with Gasteiger partial charge in [0.15, 0.2) is 17.7 Å². The van der Waals surface area contributed by atoms with Crippen LogP contribution in [0.15, 0.2) is 12.7 Å². The van der Waals surface area contributed by atoms with Crippen molar-refractivity contribution in [1.82, 2.24) is 29.7 Å². The number of anilines is 1. The fourth-order valence-electron chi connectivity index (χ4n) is 2.88. The van der Waals surface area contributed by atoms with E-state index >= 15 is 0 Å². The van der Waals surface area contributed by atoms with Crippen molar-refractivity contribution in [2.45, 2.75) is 24.5 Å². The van der Waals surface area contributed by atoms with Gasteiger partial charge in [-0.3, -0.25) is 9.36 Å². The van der Waals surface area contributed by atoms with Gasteiger partial charge in [-0.05, 0) is 7.05 Å². The molecule has 0 aliphatic carbocycles. The molecule has 11 heteroatoms. The maximum absolute atomic E-state index is 10.4. The molecular weight excluding hydrogens is 330 g/mol. The van der Waals surface area contributed by atoms with Gasteiger partial charge in [-0.2, -0.15) is 0 Å². The number of aliphatic hydroxyl groups is 2. The standard InChI is InChI=1S/C14H21N7O4/c1-20(3-2-16-7-22)4-8-10(23)11(24)14(25-8)21-6-19-9-12(15)17-5-18-13(9)21/h5-8,10-11,14,23-24H,2-4H2,1H3,(H,16,22)(H2,15,17,18)/t8-,10?,11?,14-/m1/s1. The second-order valence-corrected chi connectivity index (χ2v) is 5.96. The van der Waals surface area contributed by atoms with Crippen molar-refractivity contribution in [3.63, 3.8) is 0 Å². The highest BCUT2D eigenvalue weighted by Crippen LogP contribution is 2.32. The number of rotatable bonds is 7. The molecule has 1 fully saturated rings. The van der Waals surface area contributed by atoms with Gasteiger partial charge >= 0.3 is 0 Å². The molecule has 2 aromatic rings. The van der Waals surface area contributed by atoms with Gasteiger partial charge in [0.05, 0.1) is 6.33 Å². The summed E-state index contributed by atoms with van der Waals surface area (Å²) in [5.74, 6) is 0.232. The first kappa shape index (κ1) is 17.5. The third kappa shape index (κ3) is 3.39. The van der Waals surface area contributed by atoms with Crippen LogP contribution in [0.1, 0.15) is 6.23 Å². The third-order valence-electron chi connectivity index (χ3n) is 4.21. The molecule has 1 aliphatic heterocycles. The third-order valence-corrected chi connectivity index (χ3v) is 4.21. The van der Waals surface area contributed by atoms with E-state index < -0.39 is 24.5 Å². The van der Waals surface area contributed by atoms with Crippen molar-refractivity contribution in [3.05, 3.63) is 12.7 Å². The molecule has 2 unspecified atom stereocenters. The minimum Gasteiger partial charge on any atom is -0.387 e. The van der Waals surface area contributed by atoms with Crippen molar-refractivity contribution in [2.24, 2.45) is 0 Å². The summed E-state index contributed by atoms with van der Waals surface area (Å²) in [5, 5.41) is 23.3. The minimum absolute atomic E-state index is 0.232. The highest BCUT2D eigenvalue weighted by atomic mass is 16.6. The Labute approximate surface area is 143 Å². The second kappa shape index (κ2) is 7.27. The molecule has 11 nitrogen and oxygen atoms in total. The molecule has 0 spiro atoms. The summed E-state index contributed by atoms with van der Waals surface area (Å²) >= 11 is 0. The average molecular weight is 351 g/mol. The number of nitrogens with two attached hydrogens (primary N) is 1. The van der Waals surface area contributed by atoms with Crippen LogP contribution in [0, 0.1) is 0 Å². The smallest absolute Gasteiger partial charge is 0.207 e. The first-order chi connectivity index (χ1) is 12.0. The summed E-state index contributed by atoms with van der Waals surface area (Å²) in [5.41, 5.74) is 6.60. The predicted molar refractivity (Wildman–Crippen MR) is 87.2 cm³/mol. The molecule has 1 aliphatic rings. The highest BCUT2D eigenvalue weighted by Gasteiger charge is 2.44. The number of aliphatic hydroxyl groups excluding tert-OH is 2. The van der Waals surface area contributed by atoms with E-state index in [0.29, 0.717) is 37.2 Å². The monoisotopic (exact) mass is 351 g/mol. The molecule has 0 radical (unpaired) electrons. The molecule has 4 atom stereocenters. The van der Waals surface area contributed by atoms with Crippen molar-refractivity contribution in [3.8, 4) is 0 Å². The molecule has 5 N–H and O–H groups in total. The molecule has 0 aromatic carbocycles. The molecule has 0 saturated carbocycles. The van der Waals surface area contributed by atoms with Crippen LogP contribution in [-0.4, -0.2) is 86.0 Å². The number of likely N-dealkylation sites (N-methyl/N-ethyl adjacent to an activating group) is 1. The zero-order valence-electron chi connectivity index (χ0n) is 13.7. The number of imidazole rings is 1. The van der Waals surface area contributed by atoms with E-state index in [1.54, 1.807) is 0 Å². The van der Waals surface area contributed by atoms with E-state index in [2.05, 4.69) is 20.3 Å². The van der Waals surface area contributed by atoms with Crippen LogP contribution in [-0.2, 0) is 9.53 Å². The normalized spacial score (nSPS) is 26.4. The van der Waals surface area contributed by atoms with Crippen LogP contribution in [0.3, 0.4) is 0 Å². The number of amides is 1. The lowest BCUT2D eigenvalue weighted by Crippen LogP contribution is -2.40. The highest BCUT2D eigenvalue weighted by molar-refractivity contribution is 5.81. The number of fused-ring (bicyclic) bond motifs is 1. The van der Waals surface area contributed by atoms with E-state index in [1.807, 2.05) is 11.9 Å². The zero-order chi connectivity index (χ0) is 18.0. The second-order valence-electron chi connectivity index (χ2n) is 5.96. The number of ether oxygens (including phenoxy) is 1. The lowest BCUT2D eigenvalue weighted by atomic mass is 10.1. The number of nitrogen functional groups attached to an aromatic ring is 1. The van der Waals surface area contributed by atoms with Crippen LogP contribution < -0.4 is 11.1 Å². The van der Waals surface area contributed by atoms with Gasteiger partial charge in [0.1, 0.15) is 30.2 Å². The fraction of sp³-hybridized carbons (Fsp3) is 0.571. The van der Waals surface area contributed by atoms with Gasteiger partial charge < -0.3 is 30.9 Å². The Bertz CT molecular complexity index is 739. The number of carbonyl (C=O) groups is 1. The number of nitrogens with zero attached hydrogens (tertiary/aromatic N) is 5. The number of aromatic nitrogens is 4. The number of hydrogen-bond donors (Lipinski definition) is 4. The van der Waals surface area contributed by atoms with Crippen molar-refractivity contribution in [1.29, 1.82) is 0 Å². The first-order valence-electron chi connectivity index (χ1n) is 7.83. The van der Waals surface area contributed by atoms with E-state index in [-0.39, 0.29) is 5.82 Å². The maximum atomic E-state index is 10.4. The number of carbonyl (C=O) groups excluding carboxylic acids is 1. The number of nitrogens with one attached hydrogen (secondary N) is 1. The van der Waals surface area contributed by atoms with Crippen LogP contribution in [0.25, 0.3) is 11.2 Å². The number of hydrogen-bond acceptors (Lipinski definition) is 9. The summed E-state index contributed by atoms with van der Waals surface area (Å²) in [6, 6.07) is 0. The Morgan fingerprint density at radius 2 is 2.20 bits per heavy atom. The van der Waals surface area contributed by atoms with E-state index in [9.17, 15) is 15.0 Å². The Balaban J connectivity index is 1.73. The van der Waals surface area contributed by atoms with Gasteiger partial charge in [-0.15, -0.1) is 0 Å². The van der Waals surface area contributed by atoms with Crippen LogP contribution in [0.2, 0.25) is 0 Å². The van der Waals surface area contributed by atoms with Crippen molar-refractivity contribution < 1.29 is 19.7 Å². The quantitative estimate of drug-likeness (QED) is 0.319. The summed E-state index contributed by atoms with van der Waals surface area (Å²) < 4.78 is 7.38. The van der Waals surface area contributed by atoms with Gasteiger partial charge in [-0.25, -0.2) is 15.0 Å². The van der Waals surface area contributed by atoms with Gasteiger partial charge in [0.2, 0.25) is 6.41 Å². The van der Waals surface area contributed by atoms with Crippen molar-refractivity contribution in [2.75, 3.05) is 32.4 Å². The van der Waals surface area contributed by atoms with E-state index in [1.165, 1.54) is 17.2 Å². The Hall–Kier alpha value is -2.34. The maximum Gasteiger partial charge on any atom is 0.207 e. The summed E-state index contributed by atoms with van der Waals surface area (Å²) in [4.78, 5) is 24.3. The molecule has 1 saturated heterocycles. The van der Waals surface area contributed by atoms with Crippen LogP contribution in [0.5, 0.6) is 0 Å². The molecule has 3 rings (SSSR count). The molecule has 3 heterocycles. The predicted octanol–water partition coefficient (Wildman–Crippen LogP) is -2.29. The van der Waals surface area contributed by atoms with Crippen molar-refractivity contribution >= 4 is 23.4 Å². The van der Waals surface area contributed by atoms with Gasteiger partial charge in [-0.1, -0.05) is 0 Å². The van der Waals surface area contributed by atoms with Crippen LogP contribution >= 0.6 is 0 Å². The lowest BCUT2D eigenvalue weighted by molar-refractivity contribution is -0.109. The van der Waals surface area contributed by atoms with Crippen LogP contribution in [0.4, 0.5) is 5.82 Å². The molecule has 136 valence electrons. The first-order valence-corrected chi connectivity index (χ1v) is 7.83. The Morgan fingerprint density at radius 1 is 1.40 bits per heavy atom. The van der Waals surface area contributed by atoms with Gasteiger partial charge in [0.25, 0.3) is 0 Å².